The van der Waals surface area contributed by atoms with Crippen LogP contribution >= 0.6 is 23.2 Å². The second-order valence-electron chi connectivity index (χ2n) is 3.37. The van der Waals surface area contributed by atoms with Crippen LogP contribution in [-0.4, -0.2) is 15.0 Å². The van der Waals surface area contributed by atoms with Gasteiger partial charge in [0.1, 0.15) is 0 Å². The Hall–Kier alpha value is -1.60. The standard InChI is InChI=1S/C10H5Cl2F3N4/c11-7-17-8(12)19-9(18-7)16-6-4-2-1-3-5(6)10(13,14)15/h1-4H,(H,16,17,18,19). The van der Waals surface area contributed by atoms with Crippen molar-refractivity contribution in [1.82, 2.24) is 15.0 Å². The maximum Gasteiger partial charge on any atom is 0.418 e. The molecule has 0 amide bonds. The summed E-state index contributed by atoms with van der Waals surface area (Å²) in [4.78, 5) is 10.8. The van der Waals surface area contributed by atoms with Crippen LogP contribution in [0.25, 0.3) is 0 Å². The van der Waals surface area contributed by atoms with Gasteiger partial charge in [-0.3, -0.25) is 0 Å². The first-order valence-electron chi connectivity index (χ1n) is 4.86. The molecule has 0 aliphatic carbocycles. The van der Waals surface area contributed by atoms with E-state index < -0.39 is 11.7 Å². The average molecular weight is 309 g/mol. The van der Waals surface area contributed by atoms with Crippen molar-refractivity contribution in [2.45, 2.75) is 6.18 Å². The summed E-state index contributed by atoms with van der Waals surface area (Å²) >= 11 is 11.1. The SMILES string of the molecule is FC(F)(F)c1ccccc1Nc1nc(Cl)nc(Cl)n1. The molecular formula is C10H5Cl2F3N4. The van der Waals surface area contributed by atoms with Crippen molar-refractivity contribution in [3.63, 3.8) is 0 Å². The van der Waals surface area contributed by atoms with E-state index in [1.165, 1.54) is 18.2 Å². The molecule has 0 unspecified atom stereocenters. The van der Waals surface area contributed by atoms with E-state index in [-0.39, 0.29) is 22.2 Å². The third-order valence-electron chi connectivity index (χ3n) is 2.06. The molecule has 0 radical (unpaired) electrons. The van der Waals surface area contributed by atoms with Gasteiger partial charge in [-0.2, -0.15) is 28.1 Å². The Morgan fingerprint density at radius 3 is 2.11 bits per heavy atom. The zero-order valence-corrected chi connectivity index (χ0v) is 10.6. The summed E-state index contributed by atoms with van der Waals surface area (Å²) in [7, 11) is 0. The van der Waals surface area contributed by atoms with Gasteiger partial charge in [0.15, 0.2) is 0 Å². The number of anilines is 2. The van der Waals surface area contributed by atoms with E-state index >= 15 is 0 Å². The Kier molecular flexibility index (Phi) is 3.77. The number of nitrogens with zero attached hydrogens (tertiary/aromatic N) is 3. The van der Waals surface area contributed by atoms with Gasteiger partial charge in [0.2, 0.25) is 16.5 Å². The molecule has 100 valence electrons. The first kappa shape index (κ1) is 13.8. The number of alkyl halides is 3. The summed E-state index contributed by atoms with van der Waals surface area (Å²) < 4.78 is 38.3. The number of benzene rings is 1. The van der Waals surface area contributed by atoms with Crippen LogP contribution in [0.1, 0.15) is 5.56 Å². The van der Waals surface area contributed by atoms with Crippen molar-refractivity contribution in [2.24, 2.45) is 0 Å². The Balaban J connectivity index is 2.38. The van der Waals surface area contributed by atoms with Gasteiger partial charge in [0.05, 0.1) is 11.3 Å². The molecule has 0 spiro atoms. The monoisotopic (exact) mass is 308 g/mol. The van der Waals surface area contributed by atoms with Gasteiger partial charge < -0.3 is 5.32 Å². The summed E-state index contributed by atoms with van der Waals surface area (Å²) in [5, 5.41) is 1.98. The van der Waals surface area contributed by atoms with Crippen molar-refractivity contribution in [1.29, 1.82) is 0 Å². The van der Waals surface area contributed by atoms with E-state index in [2.05, 4.69) is 20.3 Å². The van der Waals surface area contributed by atoms with Gasteiger partial charge in [0.25, 0.3) is 0 Å². The van der Waals surface area contributed by atoms with E-state index in [9.17, 15) is 13.2 Å². The lowest BCUT2D eigenvalue weighted by Crippen LogP contribution is -2.09. The highest BCUT2D eigenvalue weighted by Crippen LogP contribution is 2.35. The lowest BCUT2D eigenvalue weighted by molar-refractivity contribution is -0.136. The molecule has 2 aromatic rings. The summed E-state index contributed by atoms with van der Waals surface area (Å²) in [6.45, 7) is 0. The molecule has 2 rings (SSSR count). The summed E-state index contributed by atoms with van der Waals surface area (Å²) in [5.41, 5.74) is -1.05. The smallest absolute Gasteiger partial charge is 0.323 e. The molecule has 1 N–H and O–H groups in total. The highest BCUT2D eigenvalue weighted by atomic mass is 35.5. The number of hydrogen-bond acceptors (Lipinski definition) is 4. The predicted octanol–water partition coefficient (Wildman–Crippen LogP) is 3.94. The molecule has 0 saturated heterocycles. The first-order chi connectivity index (χ1) is 8.86. The molecule has 0 fully saturated rings. The zero-order valence-electron chi connectivity index (χ0n) is 9.04. The maximum atomic E-state index is 12.8. The van der Waals surface area contributed by atoms with Gasteiger partial charge in [-0.1, -0.05) is 12.1 Å². The second kappa shape index (κ2) is 5.18. The van der Waals surface area contributed by atoms with Crippen molar-refractivity contribution >= 4 is 34.8 Å². The van der Waals surface area contributed by atoms with E-state index in [1.807, 2.05) is 0 Å². The minimum absolute atomic E-state index is 0.165. The van der Waals surface area contributed by atoms with Crippen LogP contribution in [0.4, 0.5) is 24.8 Å². The molecular weight excluding hydrogens is 304 g/mol. The fourth-order valence-electron chi connectivity index (χ4n) is 1.34. The van der Waals surface area contributed by atoms with E-state index in [0.29, 0.717) is 0 Å². The Labute approximate surface area is 115 Å². The minimum Gasteiger partial charge on any atom is -0.323 e. The molecule has 0 bridgehead atoms. The van der Waals surface area contributed by atoms with Gasteiger partial charge in [0, 0.05) is 0 Å². The number of aromatic nitrogens is 3. The summed E-state index contributed by atoms with van der Waals surface area (Å²) in [6.07, 6.45) is -4.50. The molecule has 0 aliphatic rings. The fourth-order valence-corrected chi connectivity index (χ4v) is 1.71. The molecule has 1 aromatic heterocycles. The highest BCUT2D eigenvalue weighted by molar-refractivity contribution is 6.31. The minimum atomic E-state index is -4.50. The van der Waals surface area contributed by atoms with Crippen LogP contribution in [0.2, 0.25) is 10.6 Å². The molecule has 0 aliphatic heterocycles. The van der Waals surface area contributed by atoms with Gasteiger partial charge in [-0.25, -0.2) is 0 Å². The Morgan fingerprint density at radius 1 is 0.947 bits per heavy atom. The lowest BCUT2D eigenvalue weighted by Gasteiger charge is -2.13. The van der Waals surface area contributed by atoms with Crippen LogP contribution in [0.5, 0.6) is 0 Å². The molecule has 1 aromatic carbocycles. The molecule has 19 heavy (non-hydrogen) atoms. The third-order valence-corrected chi connectivity index (χ3v) is 2.40. The van der Waals surface area contributed by atoms with Crippen LogP contribution in [0.3, 0.4) is 0 Å². The number of hydrogen-bond donors (Lipinski definition) is 1. The van der Waals surface area contributed by atoms with Gasteiger partial charge in [-0.15, -0.1) is 0 Å². The molecule has 1 heterocycles. The fraction of sp³-hybridized carbons (Fsp3) is 0.100. The lowest BCUT2D eigenvalue weighted by atomic mass is 10.1. The number of nitrogens with one attached hydrogen (secondary N) is 1. The van der Waals surface area contributed by atoms with Crippen LogP contribution in [-0.2, 0) is 6.18 Å². The van der Waals surface area contributed by atoms with Gasteiger partial charge in [-0.05, 0) is 35.3 Å². The molecule has 4 nitrogen and oxygen atoms in total. The number of para-hydroxylation sites is 1. The summed E-state index contributed by atoms with van der Waals surface area (Å²) in [5.74, 6) is -0.165. The number of rotatable bonds is 2. The van der Waals surface area contributed by atoms with E-state index in [4.69, 9.17) is 23.2 Å². The van der Waals surface area contributed by atoms with Crippen molar-refractivity contribution in [3.05, 3.63) is 40.4 Å². The first-order valence-corrected chi connectivity index (χ1v) is 5.62. The van der Waals surface area contributed by atoms with Crippen molar-refractivity contribution in [3.8, 4) is 0 Å². The predicted molar refractivity (Wildman–Crippen MR) is 64.6 cm³/mol. The average Bonchev–Trinajstić information content (AvgIpc) is 2.26. The Morgan fingerprint density at radius 2 is 1.53 bits per heavy atom. The Bertz CT molecular complexity index is 583. The molecule has 0 atom stereocenters. The maximum absolute atomic E-state index is 12.8. The van der Waals surface area contributed by atoms with Crippen molar-refractivity contribution < 1.29 is 13.2 Å². The third kappa shape index (κ3) is 3.45. The van der Waals surface area contributed by atoms with E-state index in [1.54, 1.807) is 0 Å². The topological polar surface area (TPSA) is 50.7 Å². The van der Waals surface area contributed by atoms with E-state index in [0.717, 1.165) is 6.07 Å². The molecule has 0 saturated carbocycles. The van der Waals surface area contributed by atoms with Gasteiger partial charge >= 0.3 is 6.18 Å². The molecule has 9 heteroatoms. The highest BCUT2D eigenvalue weighted by Gasteiger charge is 2.33. The quantitative estimate of drug-likeness (QED) is 0.913. The largest absolute Gasteiger partial charge is 0.418 e. The summed E-state index contributed by atoms with van der Waals surface area (Å²) in [6, 6.07) is 4.91. The van der Waals surface area contributed by atoms with Crippen molar-refractivity contribution in [2.75, 3.05) is 5.32 Å². The second-order valence-corrected chi connectivity index (χ2v) is 4.04. The number of halogens is 5. The normalized spacial score (nSPS) is 11.4. The van der Waals surface area contributed by atoms with Crippen LogP contribution < -0.4 is 5.32 Å². The van der Waals surface area contributed by atoms with Crippen LogP contribution in [0, 0.1) is 0 Å². The zero-order chi connectivity index (χ0) is 14.0. The van der Waals surface area contributed by atoms with Crippen LogP contribution in [0.15, 0.2) is 24.3 Å².